The van der Waals surface area contributed by atoms with Gasteiger partial charge in [0.05, 0.1) is 24.4 Å². The van der Waals surface area contributed by atoms with Crippen molar-refractivity contribution in [1.82, 2.24) is 0 Å². The van der Waals surface area contributed by atoms with Gasteiger partial charge >= 0.3 is 12.1 Å². The van der Waals surface area contributed by atoms with Gasteiger partial charge in [0, 0.05) is 11.8 Å². The van der Waals surface area contributed by atoms with Crippen molar-refractivity contribution in [3.63, 3.8) is 0 Å². The Balaban J connectivity index is 0.000000705. The van der Waals surface area contributed by atoms with Gasteiger partial charge < -0.3 is 31.9 Å². The Morgan fingerprint density at radius 1 is 1.16 bits per heavy atom. The highest BCUT2D eigenvalue weighted by atomic mass is 16.5. The molecule has 0 saturated heterocycles. The zero-order valence-corrected chi connectivity index (χ0v) is 13.3. The number of nitrogens with two attached hydrogens (primary N) is 2. The number of phenolic OH excluding ortho intramolecular Hbond substituents is 1. The van der Waals surface area contributed by atoms with Gasteiger partial charge in [-0.1, -0.05) is 6.07 Å². The van der Waals surface area contributed by atoms with E-state index in [0.717, 1.165) is 0 Å². The third kappa shape index (κ3) is 6.79. The van der Waals surface area contributed by atoms with Crippen LogP contribution in [0.2, 0.25) is 0 Å². The van der Waals surface area contributed by atoms with E-state index >= 15 is 0 Å². The monoisotopic (exact) mass is 343 g/mol. The first kappa shape index (κ1) is 19.1. The van der Waals surface area contributed by atoms with Gasteiger partial charge in [-0.2, -0.15) is 5.26 Å². The lowest BCUT2D eigenvalue weighted by Gasteiger charge is -2.10. The molecule has 0 radical (unpaired) electrons. The number of urea groups is 2. The van der Waals surface area contributed by atoms with E-state index < -0.39 is 12.1 Å². The van der Waals surface area contributed by atoms with E-state index in [1.54, 1.807) is 24.3 Å². The zero-order valence-electron chi connectivity index (χ0n) is 13.3. The van der Waals surface area contributed by atoms with Crippen molar-refractivity contribution in [2.75, 3.05) is 17.7 Å². The van der Waals surface area contributed by atoms with Crippen molar-refractivity contribution >= 4 is 23.4 Å². The number of primary amides is 2. The number of nitriles is 1. The molecule has 0 atom stereocenters. The number of phenols is 1. The number of nitrogens with zero attached hydrogens (tertiary/aromatic N) is 1. The van der Waals surface area contributed by atoms with Gasteiger partial charge in [0.2, 0.25) is 0 Å². The molecule has 0 aliphatic carbocycles. The summed E-state index contributed by atoms with van der Waals surface area (Å²) in [6.07, 6.45) is 0. The lowest BCUT2D eigenvalue weighted by Crippen LogP contribution is -2.19. The second kappa shape index (κ2) is 9.26. The van der Waals surface area contributed by atoms with E-state index in [4.69, 9.17) is 14.8 Å². The van der Waals surface area contributed by atoms with E-state index in [1.807, 2.05) is 6.07 Å². The number of nitrogens with one attached hydrogen (secondary N) is 2. The molecule has 0 aromatic heterocycles. The second-order valence-electron chi connectivity index (χ2n) is 4.56. The Kier molecular flexibility index (Phi) is 7.08. The molecule has 0 aliphatic heterocycles. The molecule has 7 N–H and O–H groups in total. The average molecular weight is 343 g/mol. The van der Waals surface area contributed by atoms with Crippen molar-refractivity contribution < 1.29 is 19.4 Å². The highest BCUT2D eigenvalue weighted by Crippen LogP contribution is 2.24. The van der Waals surface area contributed by atoms with E-state index in [9.17, 15) is 9.90 Å². The smallest absolute Gasteiger partial charge is 0.323 e. The molecular formula is C16H17N5O4. The van der Waals surface area contributed by atoms with Crippen LogP contribution in [-0.2, 0) is 0 Å². The SMILES string of the molecule is COc1cccc(NC(=O)Nc2ccc(C#N)cc2O)c1.NC(N)=O. The van der Waals surface area contributed by atoms with Gasteiger partial charge in [0.15, 0.2) is 0 Å². The van der Waals surface area contributed by atoms with Crippen LogP contribution in [0.15, 0.2) is 42.5 Å². The summed E-state index contributed by atoms with van der Waals surface area (Å²) in [6, 6.07) is 11.7. The minimum Gasteiger partial charge on any atom is -0.506 e. The Hall–Kier alpha value is -3.93. The molecule has 4 amide bonds. The van der Waals surface area contributed by atoms with Gasteiger partial charge in [0.25, 0.3) is 0 Å². The number of amides is 4. The summed E-state index contributed by atoms with van der Waals surface area (Å²) < 4.78 is 5.06. The maximum atomic E-state index is 11.8. The Morgan fingerprint density at radius 2 is 1.84 bits per heavy atom. The Morgan fingerprint density at radius 3 is 2.40 bits per heavy atom. The number of benzene rings is 2. The number of ether oxygens (including phenoxy) is 1. The van der Waals surface area contributed by atoms with Crippen molar-refractivity contribution in [3.8, 4) is 17.6 Å². The van der Waals surface area contributed by atoms with Crippen molar-refractivity contribution in [1.29, 1.82) is 5.26 Å². The molecule has 0 aliphatic rings. The predicted molar refractivity (Wildman–Crippen MR) is 92.2 cm³/mol. The predicted octanol–water partition coefficient (Wildman–Crippen LogP) is 1.94. The molecule has 2 rings (SSSR count). The van der Waals surface area contributed by atoms with Gasteiger partial charge in [0.1, 0.15) is 11.5 Å². The minimum atomic E-state index is -0.833. The third-order valence-electron chi connectivity index (χ3n) is 2.70. The number of methoxy groups -OCH3 is 1. The number of carbonyl (C=O) groups is 2. The van der Waals surface area contributed by atoms with Crippen molar-refractivity contribution in [3.05, 3.63) is 48.0 Å². The summed E-state index contributed by atoms with van der Waals surface area (Å²) in [5.74, 6) is 0.448. The second-order valence-corrected chi connectivity index (χ2v) is 4.56. The van der Waals surface area contributed by atoms with Crippen LogP contribution in [0.5, 0.6) is 11.5 Å². The summed E-state index contributed by atoms with van der Waals surface area (Å²) in [5.41, 5.74) is 9.58. The number of carbonyl (C=O) groups excluding carboxylic acids is 2. The first-order valence-corrected chi connectivity index (χ1v) is 6.85. The standard InChI is InChI=1S/C15H13N3O3.CH4N2O/c1-21-12-4-2-3-11(8-12)17-15(20)18-13-6-5-10(9-16)7-14(13)19;2-1(3)4/h2-8,19H,1H3,(H2,17,18,20);(H4,2,3,4). The van der Waals surface area contributed by atoms with Crippen LogP contribution in [0.4, 0.5) is 21.0 Å². The van der Waals surface area contributed by atoms with Crippen LogP contribution in [0.25, 0.3) is 0 Å². The molecule has 0 fully saturated rings. The fourth-order valence-electron chi connectivity index (χ4n) is 1.69. The lowest BCUT2D eigenvalue weighted by molar-refractivity contribution is 0.256. The number of hydrogen-bond donors (Lipinski definition) is 5. The average Bonchev–Trinajstić information content (AvgIpc) is 2.56. The fourth-order valence-corrected chi connectivity index (χ4v) is 1.69. The summed E-state index contributed by atoms with van der Waals surface area (Å²) in [7, 11) is 1.54. The van der Waals surface area contributed by atoms with Crippen LogP contribution >= 0.6 is 0 Å². The molecule has 25 heavy (non-hydrogen) atoms. The van der Waals surface area contributed by atoms with Gasteiger partial charge in [-0.3, -0.25) is 0 Å². The van der Waals surface area contributed by atoms with Gasteiger partial charge in [-0.05, 0) is 30.3 Å². The molecule has 9 nitrogen and oxygen atoms in total. The Labute approximate surface area is 143 Å². The van der Waals surface area contributed by atoms with Crippen molar-refractivity contribution in [2.45, 2.75) is 0 Å². The maximum Gasteiger partial charge on any atom is 0.323 e. The molecule has 0 spiro atoms. The van der Waals surface area contributed by atoms with E-state index in [2.05, 4.69) is 22.1 Å². The molecule has 2 aromatic rings. The van der Waals surface area contributed by atoms with Gasteiger partial charge in [-0.25, -0.2) is 9.59 Å². The first-order chi connectivity index (χ1) is 11.8. The minimum absolute atomic E-state index is 0.171. The van der Waals surface area contributed by atoms with E-state index in [0.29, 0.717) is 17.0 Å². The number of anilines is 2. The summed E-state index contributed by atoms with van der Waals surface area (Å²) >= 11 is 0. The largest absolute Gasteiger partial charge is 0.506 e. The molecular weight excluding hydrogens is 326 g/mol. The van der Waals surface area contributed by atoms with Gasteiger partial charge in [-0.15, -0.1) is 0 Å². The number of hydrogen-bond acceptors (Lipinski definition) is 5. The molecule has 9 heteroatoms. The molecule has 0 saturated carbocycles. The highest BCUT2D eigenvalue weighted by molar-refractivity contribution is 6.00. The van der Waals surface area contributed by atoms with Crippen LogP contribution in [0.1, 0.15) is 5.56 Å². The molecule has 0 unspecified atom stereocenters. The molecule has 0 heterocycles. The molecule has 2 aromatic carbocycles. The molecule has 0 bridgehead atoms. The number of rotatable bonds is 3. The summed E-state index contributed by atoms with van der Waals surface area (Å²) in [6.45, 7) is 0. The van der Waals surface area contributed by atoms with Crippen LogP contribution in [0, 0.1) is 11.3 Å². The topological polar surface area (TPSA) is 163 Å². The first-order valence-electron chi connectivity index (χ1n) is 6.85. The lowest BCUT2D eigenvalue weighted by atomic mass is 10.2. The van der Waals surface area contributed by atoms with Crippen LogP contribution < -0.4 is 26.8 Å². The quantitative estimate of drug-likeness (QED) is 0.537. The summed E-state index contributed by atoms with van der Waals surface area (Å²) in [5, 5.41) is 23.5. The van der Waals surface area contributed by atoms with Crippen LogP contribution in [0.3, 0.4) is 0 Å². The third-order valence-corrected chi connectivity index (χ3v) is 2.70. The molecule has 130 valence electrons. The summed E-state index contributed by atoms with van der Waals surface area (Å²) in [4.78, 5) is 20.8. The number of aromatic hydroxyl groups is 1. The maximum absolute atomic E-state index is 11.8. The normalized spacial score (nSPS) is 8.96. The fraction of sp³-hybridized carbons (Fsp3) is 0.0625. The Bertz CT molecular complexity index is 797. The zero-order chi connectivity index (χ0) is 18.8. The van der Waals surface area contributed by atoms with E-state index in [1.165, 1.54) is 25.3 Å². The highest BCUT2D eigenvalue weighted by Gasteiger charge is 2.07. The van der Waals surface area contributed by atoms with Crippen molar-refractivity contribution in [2.24, 2.45) is 11.5 Å². The van der Waals surface area contributed by atoms with E-state index in [-0.39, 0.29) is 11.4 Å². The van der Waals surface area contributed by atoms with Crippen LogP contribution in [-0.4, -0.2) is 24.3 Å².